The van der Waals surface area contributed by atoms with Crippen molar-refractivity contribution in [2.45, 2.75) is 36.8 Å². The molecule has 1 aromatic rings. The molecule has 0 saturated heterocycles. The van der Waals surface area contributed by atoms with Gasteiger partial charge in [-0.05, 0) is 18.8 Å². The zero-order chi connectivity index (χ0) is 12.3. The molecule has 1 fully saturated rings. The van der Waals surface area contributed by atoms with Crippen LogP contribution in [0, 0.1) is 5.92 Å². The second-order valence-corrected chi connectivity index (χ2v) is 6.05. The van der Waals surface area contributed by atoms with Crippen molar-refractivity contribution in [1.82, 2.24) is 14.7 Å². The Labute approximate surface area is 101 Å². The van der Waals surface area contributed by atoms with Gasteiger partial charge in [0.15, 0.2) is 5.03 Å². The van der Waals surface area contributed by atoms with Crippen molar-refractivity contribution in [2.75, 3.05) is 6.61 Å². The highest BCUT2D eigenvalue weighted by molar-refractivity contribution is 7.89. The standard InChI is InChI=1S/C10H17N3O3S/c14-6-8-3-1-2-4-9(8)13-17(15,16)10-5-11-7-12-10/h5,7-9,13-14H,1-4,6H2,(H,11,12). The average Bonchev–Trinajstić information content (AvgIpc) is 2.83. The van der Waals surface area contributed by atoms with E-state index in [1.165, 1.54) is 12.5 Å². The van der Waals surface area contributed by atoms with Crippen LogP contribution in [0.3, 0.4) is 0 Å². The number of imidazole rings is 1. The Bertz CT molecular complexity index is 443. The van der Waals surface area contributed by atoms with Crippen LogP contribution in [-0.4, -0.2) is 36.1 Å². The lowest BCUT2D eigenvalue weighted by molar-refractivity contribution is 0.164. The fourth-order valence-electron chi connectivity index (χ4n) is 2.23. The van der Waals surface area contributed by atoms with Gasteiger partial charge in [-0.25, -0.2) is 18.1 Å². The third kappa shape index (κ3) is 2.85. The lowest BCUT2D eigenvalue weighted by atomic mass is 9.86. The third-order valence-electron chi connectivity index (χ3n) is 3.21. The molecule has 2 unspecified atom stereocenters. The molecule has 2 atom stereocenters. The fraction of sp³-hybridized carbons (Fsp3) is 0.700. The number of aliphatic hydroxyl groups excluding tert-OH is 1. The normalized spacial score (nSPS) is 25.9. The second-order valence-electron chi connectivity index (χ2n) is 4.37. The summed E-state index contributed by atoms with van der Waals surface area (Å²) in [5.74, 6) is 0.0152. The van der Waals surface area contributed by atoms with E-state index in [-0.39, 0.29) is 23.6 Å². The van der Waals surface area contributed by atoms with Crippen molar-refractivity contribution in [3.63, 3.8) is 0 Å². The minimum Gasteiger partial charge on any atom is -0.396 e. The molecule has 0 bridgehead atoms. The van der Waals surface area contributed by atoms with Crippen molar-refractivity contribution in [3.8, 4) is 0 Å². The summed E-state index contributed by atoms with van der Waals surface area (Å²) in [6.07, 6.45) is 6.30. The maximum Gasteiger partial charge on any atom is 0.257 e. The van der Waals surface area contributed by atoms with Crippen LogP contribution in [0.15, 0.2) is 17.6 Å². The highest BCUT2D eigenvalue weighted by Gasteiger charge is 2.29. The van der Waals surface area contributed by atoms with Crippen molar-refractivity contribution in [2.24, 2.45) is 5.92 Å². The van der Waals surface area contributed by atoms with E-state index in [1.807, 2.05) is 0 Å². The number of hydrogen-bond donors (Lipinski definition) is 3. The zero-order valence-electron chi connectivity index (χ0n) is 9.46. The van der Waals surface area contributed by atoms with Gasteiger partial charge >= 0.3 is 0 Å². The predicted octanol–water partition coefficient (Wildman–Crippen LogP) is 0.239. The fourth-order valence-corrected chi connectivity index (χ4v) is 3.48. The molecule has 1 heterocycles. The molecule has 96 valence electrons. The molecular formula is C10H17N3O3S. The van der Waals surface area contributed by atoms with Crippen LogP contribution in [-0.2, 0) is 10.0 Å². The molecule has 1 aromatic heterocycles. The van der Waals surface area contributed by atoms with Crippen LogP contribution < -0.4 is 4.72 Å². The summed E-state index contributed by atoms with van der Waals surface area (Å²) in [5.41, 5.74) is 0. The predicted molar refractivity (Wildman–Crippen MR) is 61.7 cm³/mol. The summed E-state index contributed by atoms with van der Waals surface area (Å²) in [6, 6.07) is -0.179. The summed E-state index contributed by atoms with van der Waals surface area (Å²) in [4.78, 5) is 6.27. The first-order chi connectivity index (χ1) is 8.13. The summed E-state index contributed by atoms with van der Waals surface area (Å²) < 4.78 is 26.6. The molecule has 1 saturated carbocycles. The number of nitrogens with zero attached hydrogens (tertiary/aromatic N) is 1. The van der Waals surface area contributed by atoms with E-state index in [9.17, 15) is 13.5 Å². The highest BCUT2D eigenvalue weighted by atomic mass is 32.2. The maximum atomic E-state index is 12.0. The van der Waals surface area contributed by atoms with E-state index in [2.05, 4.69) is 14.7 Å². The first kappa shape index (κ1) is 12.5. The van der Waals surface area contributed by atoms with Gasteiger partial charge in [0.2, 0.25) is 0 Å². The molecule has 0 amide bonds. The number of aromatic amines is 1. The van der Waals surface area contributed by atoms with Crippen LogP contribution in [0.2, 0.25) is 0 Å². The second kappa shape index (κ2) is 5.16. The molecule has 0 aliphatic heterocycles. The van der Waals surface area contributed by atoms with Crippen LogP contribution in [0.5, 0.6) is 0 Å². The highest BCUT2D eigenvalue weighted by Crippen LogP contribution is 2.25. The number of aliphatic hydroxyl groups is 1. The Morgan fingerprint density at radius 3 is 2.88 bits per heavy atom. The van der Waals surface area contributed by atoms with Crippen LogP contribution >= 0.6 is 0 Å². The van der Waals surface area contributed by atoms with Gasteiger partial charge in [-0.1, -0.05) is 12.8 Å². The summed E-state index contributed by atoms with van der Waals surface area (Å²) in [7, 11) is -3.54. The molecule has 17 heavy (non-hydrogen) atoms. The van der Waals surface area contributed by atoms with E-state index in [0.29, 0.717) is 0 Å². The molecule has 1 aliphatic rings. The van der Waals surface area contributed by atoms with Crippen LogP contribution in [0.25, 0.3) is 0 Å². The summed E-state index contributed by atoms with van der Waals surface area (Å²) in [6.45, 7) is 0.0240. The van der Waals surface area contributed by atoms with Crippen molar-refractivity contribution in [3.05, 3.63) is 12.5 Å². The molecule has 1 aliphatic carbocycles. The zero-order valence-corrected chi connectivity index (χ0v) is 10.3. The first-order valence-corrected chi connectivity index (χ1v) is 7.23. The Kier molecular flexibility index (Phi) is 3.80. The van der Waals surface area contributed by atoms with Crippen LogP contribution in [0.4, 0.5) is 0 Å². The van der Waals surface area contributed by atoms with Gasteiger partial charge in [0, 0.05) is 12.6 Å². The van der Waals surface area contributed by atoms with Crippen LogP contribution in [0.1, 0.15) is 25.7 Å². The largest absolute Gasteiger partial charge is 0.396 e. The lowest BCUT2D eigenvalue weighted by Crippen LogP contribution is -2.43. The topological polar surface area (TPSA) is 95.1 Å². The molecule has 3 N–H and O–H groups in total. The summed E-state index contributed by atoms with van der Waals surface area (Å²) in [5, 5.41) is 9.30. The van der Waals surface area contributed by atoms with E-state index in [0.717, 1.165) is 25.7 Å². The van der Waals surface area contributed by atoms with Gasteiger partial charge < -0.3 is 10.1 Å². The third-order valence-corrected chi connectivity index (χ3v) is 4.63. The van der Waals surface area contributed by atoms with E-state index < -0.39 is 10.0 Å². The molecule has 0 radical (unpaired) electrons. The lowest BCUT2D eigenvalue weighted by Gasteiger charge is -2.30. The number of rotatable bonds is 4. The number of hydrogen-bond acceptors (Lipinski definition) is 4. The average molecular weight is 259 g/mol. The van der Waals surface area contributed by atoms with Gasteiger partial charge in [-0.2, -0.15) is 0 Å². The van der Waals surface area contributed by atoms with Crippen molar-refractivity contribution >= 4 is 10.0 Å². The van der Waals surface area contributed by atoms with Gasteiger partial charge in [0.25, 0.3) is 10.0 Å². The van der Waals surface area contributed by atoms with E-state index in [4.69, 9.17) is 0 Å². The number of nitrogens with one attached hydrogen (secondary N) is 2. The first-order valence-electron chi connectivity index (χ1n) is 5.75. The minimum absolute atomic E-state index is 0.0152. The van der Waals surface area contributed by atoms with Crippen molar-refractivity contribution in [1.29, 1.82) is 0 Å². The summed E-state index contributed by atoms with van der Waals surface area (Å²) >= 11 is 0. The van der Waals surface area contributed by atoms with Gasteiger partial charge in [0.1, 0.15) is 0 Å². The smallest absolute Gasteiger partial charge is 0.257 e. The molecule has 2 rings (SSSR count). The van der Waals surface area contributed by atoms with Gasteiger partial charge in [0.05, 0.1) is 12.5 Å². The number of aromatic nitrogens is 2. The van der Waals surface area contributed by atoms with Gasteiger partial charge in [-0.3, -0.25) is 0 Å². The minimum atomic E-state index is -3.54. The molecule has 6 nitrogen and oxygen atoms in total. The maximum absolute atomic E-state index is 12.0. The molecular weight excluding hydrogens is 242 g/mol. The molecule has 0 spiro atoms. The number of H-pyrrole nitrogens is 1. The monoisotopic (exact) mass is 259 g/mol. The van der Waals surface area contributed by atoms with Crippen molar-refractivity contribution < 1.29 is 13.5 Å². The molecule has 7 heteroatoms. The van der Waals surface area contributed by atoms with Gasteiger partial charge in [-0.15, -0.1) is 0 Å². The van der Waals surface area contributed by atoms with E-state index >= 15 is 0 Å². The number of sulfonamides is 1. The quantitative estimate of drug-likeness (QED) is 0.721. The van der Waals surface area contributed by atoms with E-state index in [1.54, 1.807) is 0 Å². The molecule has 0 aromatic carbocycles. The Balaban J connectivity index is 2.09. The Morgan fingerprint density at radius 2 is 2.24 bits per heavy atom. The Hall–Kier alpha value is -0.920. The Morgan fingerprint density at radius 1 is 1.47 bits per heavy atom. The SMILES string of the molecule is O=S(=O)(NC1CCCCC1CO)c1cnc[nH]1.